The average Bonchev–Trinajstić information content (AvgIpc) is 2.70. The fourth-order valence-corrected chi connectivity index (χ4v) is 2.68. The summed E-state index contributed by atoms with van der Waals surface area (Å²) in [6, 6.07) is 6.54. The number of benzene rings is 1. The van der Waals surface area contributed by atoms with Crippen molar-refractivity contribution in [2.24, 2.45) is 0 Å². The Morgan fingerprint density at radius 2 is 2.10 bits per heavy atom. The van der Waals surface area contributed by atoms with Gasteiger partial charge < -0.3 is 5.32 Å². The van der Waals surface area contributed by atoms with Crippen molar-refractivity contribution in [2.45, 2.75) is 12.5 Å². The molecule has 1 aliphatic rings. The number of sulfone groups is 1. The SMILES string of the molecule is CS(=O)(=O)CCC1NC(=O)N(c2cccc(C#N)c2)C1=O. The van der Waals surface area contributed by atoms with E-state index >= 15 is 0 Å². The van der Waals surface area contributed by atoms with E-state index in [4.69, 9.17) is 5.26 Å². The molecule has 0 spiro atoms. The van der Waals surface area contributed by atoms with Crippen molar-refractivity contribution in [3.63, 3.8) is 0 Å². The highest BCUT2D eigenvalue weighted by Crippen LogP contribution is 2.21. The van der Waals surface area contributed by atoms with Crippen LogP contribution in [0.3, 0.4) is 0 Å². The standard InChI is InChI=1S/C13H13N3O4S/c1-21(19,20)6-5-11-12(17)16(13(18)15-11)10-4-2-3-9(7-10)8-14/h2-4,7,11H,5-6H2,1H3,(H,15,18). The molecule has 0 radical (unpaired) electrons. The number of nitrogens with one attached hydrogen (secondary N) is 1. The van der Waals surface area contributed by atoms with Crippen LogP contribution in [0.4, 0.5) is 10.5 Å². The summed E-state index contributed by atoms with van der Waals surface area (Å²) in [5, 5.41) is 11.3. The van der Waals surface area contributed by atoms with Crippen LogP contribution in [0.5, 0.6) is 0 Å². The van der Waals surface area contributed by atoms with E-state index in [0.29, 0.717) is 11.3 Å². The predicted octanol–water partition coefficient (Wildman–Crippen LogP) is 0.418. The molecule has 21 heavy (non-hydrogen) atoms. The van der Waals surface area contributed by atoms with Gasteiger partial charge in [0.05, 0.1) is 23.1 Å². The Kier molecular flexibility index (Phi) is 3.95. The molecule has 110 valence electrons. The first kappa shape index (κ1) is 15.0. The molecule has 8 heteroatoms. The Bertz CT molecular complexity index is 736. The van der Waals surface area contributed by atoms with Gasteiger partial charge in [-0.3, -0.25) is 4.79 Å². The van der Waals surface area contributed by atoms with Gasteiger partial charge in [-0.1, -0.05) is 6.07 Å². The number of carbonyl (C=O) groups excluding carboxylic acids is 2. The molecule has 1 aromatic carbocycles. The summed E-state index contributed by atoms with van der Waals surface area (Å²) < 4.78 is 22.3. The highest BCUT2D eigenvalue weighted by atomic mass is 32.2. The van der Waals surface area contributed by atoms with E-state index in [0.717, 1.165) is 11.2 Å². The van der Waals surface area contributed by atoms with Gasteiger partial charge >= 0.3 is 6.03 Å². The zero-order valence-electron chi connectivity index (χ0n) is 11.2. The second-order valence-corrected chi connectivity index (χ2v) is 7.02. The third-order valence-corrected chi connectivity index (χ3v) is 4.01. The molecule has 3 amide bonds. The van der Waals surface area contributed by atoms with Crippen molar-refractivity contribution >= 4 is 27.5 Å². The number of nitriles is 1. The highest BCUT2D eigenvalue weighted by Gasteiger charge is 2.39. The van der Waals surface area contributed by atoms with Crippen LogP contribution in [0.15, 0.2) is 24.3 Å². The van der Waals surface area contributed by atoms with E-state index in [9.17, 15) is 18.0 Å². The topological polar surface area (TPSA) is 107 Å². The minimum Gasteiger partial charge on any atom is -0.325 e. The van der Waals surface area contributed by atoms with Crippen LogP contribution in [0.1, 0.15) is 12.0 Å². The largest absolute Gasteiger partial charge is 0.329 e. The van der Waals surface area contributed by atoms with Gasteiger partial charge in [-0.05, 0) is 24.6 Å². The maximum Gasteiger partial charge on any atom is 0.329 e. The molecular weight excluding hydrogens is 294 g/mol. The number of amides is 3. The second kappa shape index (κ2) is 5.54. The molecule has 2 rings (SSSR count). The lowest BCUT2D eigenvalue weighted by Crippen LogP contribution is -2.32. The van der Waals surface area contributed by atoms with Crippen LogP contribution in [0, 0.1) is 11.3 Å². The molecule has 1 saturated heterocycles. The normalized spacial score (nSPS) is 18.5. The number of rotatable bonds is 4. The number of carbonyl (C=O) groups is 2. The van der Waals surface area contributed by atoms with Gasteiger partial charge in [0.15, 0.2) is 0 Å². The first-order chi connectivity index (χ1) is 9.81. The molecule has 0 aromatic heterocycles. The van der Waals surface area contributed by atoms with Crippen LogP contribution in [0.2, 0.25) is 0 Å². The van der Waals surface area contributed by atoms with Gasteiger partial charge in [0, 0.05) is 6.26 Å². The van der Waals surface area contributed by atoms with Crippen molar-refractivity contribution in [1.82, 2.24) is 5.32 Å². The lowest BCUT2D eigenvalue weighted by Gasteiger charge is -2.13. The molecule has 1 N–H and O–H groups in total. The summed E-state index contributed by atoms with van der Waals surface area (Å²) in [5.41, 5.74) is 0.617. The molecule has 0 aliphatic carbocycles. The van der Waals surface area contributed by atoms with E-state index in [-0.39, 0.29) is 12.2 Å². The maximum absolute atomic E-state index is 12.2. The van der Waals surface area contributed by atoms with E-state index in [2.05, 4.69) is 5.32 Å². The zero-order chi connectivity index (χ0) is 15.6. The highest BCUT2D eigenvalue weighted by molar-refractivity contribution is 7.90. The number of hydrogen-bond acceptors (Lipinski definition) is 5. The van der Waals surface area contributed by atoms with Gasteiger partial charge in [0.2, 0.25) is 0 Å². The average molecular weight is 307 g/mol. The molecule has 0 bridgehead atoms. The Hall–Kier alpha value is -2.40. The van der Waals surface area contributed by atoms with E-state index < -0.39 is 27.8 Å². The minimum atomic E-state index is -3.21. The van der Waals surface area contributed by atoms with Crippen LogP contribution < -0.4 is 10.2 Å². The second-order valence-electron chi connectivity index (χ2n) is 4.76. The summed E-state index contributed by atoms with van der Waals surface area (Å²) in [5.74, 6) is -0.700. The third kappa shape index (κ3) is 3.38. The van der Waals surface area contributed by atoms with Gasteiger partial charge in [-0.25, -0.2) is 18.1 Å². The molecule has 0 saturated carbocycles. The summed E-state index contributed by atoms with van der Waals surface area (Å²) >= 11 is 0. The number of nitrogens with zero attached hydrogens (tertiary/aromatic N) is 2. The van der Waals surface area contributed by atoms with Crippen molar-refractivity contribution in [3.8, 4) is 6.07 Å². The van der Waals surface area contributed by atoms with E-state index in [1.54, 1.807) is 12.1 Å². The van der Waals surface area contributed by atoms with Crippen LogP contribution in [-0.4, -0.2) is 38.4 Å². The third-order valence-electron chi connectivity index (χ3n) is 3.03. The Balaban J connectivity index is 2.20. The van der Waals surface area contributed by atoms with Gasteiger partial charge in [-0.2, -0.15) is 5.26 Å². The molecule has 1 aliphatic heterocycles. The molecule has 7 nitrogen and oxygen atoms in total. The summed E-state index contributed by atoms with van der Waals surface area (Å²) in [4.78, 5) is 25.0. The molecule has 1 unspecified atom stereocenters. The van der Waals surface area contributed by atoms with Crippen molar-refractivity contribution in [3.05, 3.63) is 29.8 Å². The van der Waals surface area contributed by atoms with Gasteiger partial charge in [0.25, 0.3) is 5.91 Å². The fourth-order valence-electron chi connectivity index (χ4n) is 2.02. The van der Waals surface area contributed by atoms with Crippen LogP contribution >= 0.6 is 0 Å². The smallest absolute Gasteiger partial charge is 0.325 e. The summed E-state index contributed by atoms with van der Waals surface area (Å²) in [7, 11) is -3.21. The predicted molar refractivity (Wildman–Crippen MR) is 75.3 cm³/mol. The Morgan fingerprint density at radius 1 is 1.38 bits per heavy atom. The summed E-state index contributed by atoms with van der Waals surface area (Å²) in [6.07, 6.45) is 1.10. The Labute approximate surface area is 122 Å². The van der Waals surface area contributed by atoms with Crippen molar-refractivity contribution < 1.29 is 18.0 Å². The minimum absolute atomic E-state index is 0.0256. The number of urea groups is 1. The summed E-state index contributed by atoms with van der Waals surface area (Å²) in [6.45, 7) is 0. The quantitative estimate of drug-likeness (QED) is 0.811. The van der Waals surface area contributed by atoms with Crippen LogP contribution in [0.25, 0.3) is 0 Å². The maximum atomic E-state index is 12.2. The first-order valence-electron chi connectivity index (χ1n) is 6.14. The molecule has 1 aromatic rings. The molecular formula is C13H13N3O4S. The van der Waals surface area contributed by atoms with Crippen molar-refractivity contribution in [1.29, 1.82) is 5.26 Å². The molecule has 1 heterocycles. The van der Waals surface area contributed by atoms with E-state index in [1.165, 1.54) is 12.1 Å². The van der Waals surface area contributed by atoms with Crippen LogP contribution in [-0.2, 0) is 14.6 Å². The number of hydrogen-bond donors (Lipinski definition) is 1. The zero-order valence-corrected chi connectivity index (χ0v) is 12.1. The van der Waals surface area contributed by atoms with Crippen molar-refractivity contribution in [2.75, 3.05) is 16.9 Å². The molecule has 1 fully saturated rings. The lowest BCUT2D eigenvalue weighted by atomic mass is 10.2. The fraction of sp³-hybridized carbons (Fsp3) is 0.308. The number of anilines is 1. The molecule has 1 atom stereocenters. The number of imide groups is 1. The Morgan fingerprint density at radius 3 is 2.71 bits per heavy atom. The van der Waals surface area contributed by atoms with Gasteiger partial charge in [-0.15, -0.1) is 0 Å². The first-order valence-corrected chi connectivity index (χ1v) is 8.20. The van der Waals surface area contributed by atoms with E-state index in [1.807, 2.05) is 6.07 Å². The monoisotopic (exact) mass is 307 g/mol. The lowest BCUT2D eigenvalue weighted by molar-refractivity contribution is -0.118. The van der Waals surface area contributed by atoms with Gasteiger partial charge in [0.1, 0.15) is 15.9 Å².